The van der Waals surface area contributed by atoms with E-state index in [4.69, 9.17) is 4.74 Å². The van der Waals surface area contributed by atoms with Gasteiger partial charge in [0.2, 0.25) is 5.78 Å². The van der Waals surface area contributed by atoms with Crippen molar-refractivity contribution in [3.8, 4) is 11.4 Å². The summed E-state index contributed by atoms with van der Waals surface area (Å²) in [6, 6.07) is 21.2. The number of nitrogens with zero attached hydrogens (tertiary/aromatic N) is 1. The Balaban J connectivity index is 1.53. The molecule has 0 saturated carbocycles. The monoisotopic (exact) mass is 427 g/mol. The highest BCUT2D eigenvalue weighted by atomic mass is 32.1. The van der Waals surface area contributed by atoms with E-state index in [9.17, 15) is 9.59 Å². The molecule has 0 radical (unpaired) electrons. The molecule has 2 aromatic carbocycles. The van der Waals surface area contributed by atoms with Crippen molar-refractivity contribution in [2.45, 2.75) is 0 Å². The van der Waals surface area contributed by atoms with E-state index in [0.717, 1.165) is 26.3 Å². The second-order valence-electron chi connectivity index (χ2n) is 6.94. The molecule has 0 N–H and O–H groups in total. The number of ether oxygens (including phenoxy) is 1. The summed E-state index contributed by atoms with van der Waals surface area (Å²) in [7, 11) is 0. The lowest BCUT2D eigenvalue weighted by molar-refractivity contribution is -0.130. The van der Waals surface area contributed by atoms with Gasteiger partial charge in [0.1, 0.15) is 11.3 Å². The van der Waals surface area contributed by atoms with Crippen LogP contribution < -0.4 is 4.74 Å². The molecule has 0 atom stereocenters. The Kier molecular flexibility index (Phi) is 3.78. The Bertz CT molecular complexity index is 1500. The number of hydrogen-bond acceptors (Lipinski definition) is 5. The van der Waals surface area contributed by atoms with E-state index in [-0.39, 0.29) is 11.4 Å². The van der Waals surface area contributed by atoms with Gasteiger partial charge in [-0.05, 0) is 47.9 Å². The van der Waals surface area contributed by atoms with Crippen LogP contribution in [-0.2, 0) is 4.79 Å². The first-order chi connectivity index (χ1) is 14.7. The number of esters is 1. The van der Waals surface area contributed by atoms with Crippen molar-refractivity contribution in [2.75, 3.05) is 0 Å². The first-order valence-electron chi connectivity index (χ1n) is 9.35. The summed E-state index contributed by atoms with van der Waals surface area (Å²) in [5.74, 6) is -0.590. The maximum absolute atomic E-state index is 12.9. The molecule has 0 amide bonds. The predicted molar refractivity (Wildman–Crippen MR) is 121 cm³/mol. The normalized spacial score (nSPS) is 15.1. The van der Waals surface area contributed by atoms with Crippen molar-refractivity contribution in [1.82, 2.24) is 4.57 Å². The number of fused-ring (bicyclic) bond motifs is 4. The summed E-state index contributed by atoms with van der Waals surface area (Å²) in [6.07, 6.45) is 1.65. The summed E-state index contributed by atoms with van der Waals surface area (Å²) in [5, 5.41) is 2.08. The summed E-state index contributed by atoms with van der Waals surface area (Å²) in [6.45, 7) is 0. The van der Waals surface area contributed by atoms with Crippen LogP contribution >= 0.6 is 22.7 Å². The molecule has 144 valence electrons. The average Bonchev–Trinajstić information content (AvgIpc) is 3.44. The fourth-order valence-electron chi connectivity index (χ4n) is 3.84. The van der Waals surface area contributed by atoms with Crippen LogP contribution in [0.5, 0.6) is 5.75 Å². The lowest BCUT2D eigenvalue weighted by Crippen LogP contribution is -2.24. The topological polar surface area (TPSA) is 48.3 Å². The Morgan fingerprint density at radius 1 is 0.867 bits per heavy atom. The molecule has 4 heterocycles. The van der Waals surface area contributed by atoms with Gasteiger partial charge < -0.3 is 9.30 Å². The predicted octanol–water partition coefficient (Wildman–Crippen LogP) is 6.09. The summed E-state index contributed by atoms with van der Waals surface area (Å²) in [4.78, 5) is 26.2. The highest BCUT2D eigenvalue weighted by Crippen LogP contribution is 2.41. The van der Waals surface area contributed by atoms with Gasteiger partial charge in [-0.3, -0.25) is 4.79 Å². The number of carbonyl (C=O) groups is 2. The molecule has 30 heavy (non-hydrogen) atoms. The molecule has 0 aliphatic carbocycles. The van der Waals surface area contributed by atoms with Gasteiger partial charge in [-0.25, -0.2) is 4.79 Å². The molecule has 1 aliphatic heterocycles. The van der Waals surface area contributed by atoms with E-state index >= 15 is 0 Å². The molecule has 0 fully saturated rings. The van der Waals surface area contributed by atoms with Crippen LogP contribution in [0.15, 0.2) is 77.7 Å². The van der Waals surface area contributed by atoms with Crippen molar-refractivity contribution >= 4 is 60.9 Å². The minimum atomic E-state index is -0.607. The summed E-state index contributed by atoms with van der Waals surface area (Å²) in [5.41, 5.74) is 3.78. The average molecular weight is 428 g/mol. The van der Waals surface area contributed by atoms with E-state index in [1.807, 2.05) is 24.3 Å². The SMILES string of the molecule is O=C1Oc2ccccc2C(=O)/C1=C/c1cc2c(s1)c1sccc1n2-c1ccccc1. The fourth-order valence-corrected chi connectivity index (χ4v) is 5.96. The standard InChI is InChI=1S/C24H13NO3S2/c26-21-16-8-4-5-9-20(16)28-24(27)17(21)12-15-13-19-23(30-15)22-18(10-11-29-22)25(19)14-6-2-1-3-7-14/h1-13H/b17-12-. The second-order valence-corrected chi connectivity index (χ2v) is 8.94. The van der Waals surface area contributed by atoms with Gasteiger partial charge in [-0.1, -0.05) is 30.3 Å². The van der Waals surface area contributed by atoms with Gasteiger partial charge in [0.25, 0.3) is 0 Å². The summed E-state index contributed by atoms with van der Waals surface area (Å²) < 4.78 is 9.93. The molecule has 6 rings (SSSR count). The third-order valence-electron chi connectivity index (χ3n) is 5.16. The summed E-state index contributed by atoms with van der Waals surface area (Å²) >= 11 is 3.27. The smallest absolute Gasteiger partial charge is 0.347 e. The van der Waals surface area contributed by atoms with Gasteiger partial charge in [0.05, 0.1) is 26.0 Å². The molecular weight excluding hydrogens is 414 g/mol. The van der Waals surface area contributed by atoms with Crippen molar-refractivity contribution in [1.29, 1.82) is 0 Å². The molecule has 3 aromatic heterocycles. The van der Waals surface area contributed by atoms with Crippen molar-refractivity contribution in [3.05, 3.63) is 88.1 Å². The zero-order valence-electron chi connectivity index (χ0n) is 15.5. The number of rotatable bonds is 2. The molecule has 4 nitrogen and oxygen atoms in total. The zero-order valence-corrected chi connectivity index (χ0v) is 17.1. The lowest BCUT2D eigenvalue weighted by atomic mass is 9.99. The van der Waals surface area contributed by atoms with E-state index in [1.165, 1.54) is 4.70 Å². The first-order valence-corrected chi connectivity index (χ1v) is 11.0. The van der Waals surface area contributed by atoms with Crippen molar-refractivity contribution in [3.63, 3.8) is 0 Å². The van der Waals surface area contributed by atoms with Gasteiger partial charge in [0, 0.05) is 10.6 Å². The highest BCUT2D eigenvalue weighted by molar-refractivity contribution is 7.27. The minimum absolute atomic E-state index is 0.0614. The van der Waals surface area contributed by atoms with Gasteiger partial charge in [-0.2, -0.15) is 0 Å². The zero-order chi connectivity index (χ0) is 20.2. The minimum Gasteiger partial charge on any atom is -0.422 e. The van der Waals surface area contributed by atoms with E-state index in [1.54, 1.807) is 53.0 Å². The Hall–Kier alpha value is -3.48. The number of aromatic nitrogens is 1. The fraction of sp³-hybridized carbons (Fsp3) is 0. The third kappa shape index (κ3) is 2.51. The highest BCUT2D eigenvalue weighted by Gasteiger charge is 2.30. The lowest BCUT2D eigenvalue weighted by Gasteiger charge is -2.16. The maximum Gasteiger partial charge on any atom is 0.347 e. The van der Waals surface area contributed by atoms with Crippen LogP contribution in [-0.4, -0.2) is 16.3 Å². The third-order valence-corrected chi connectivity index (χ3v) is 7.30. The molecular formula is C24H13NO3S2. The molecule has 6 heteroatoms. The molecule has 0 spiro atoms. The van der Waals surface area contributed by atoms with Gasteiger partial charge in [0.15, 0.2) is 0 Å². The number of Topliss-reactive ketones (excluding diaryl/α,β-unsaturated/α-hetero) is 1. The van der Waals surface area contributed by atoms with E-state index in [2.05, 4.69) is 28.1 Å². The molecule has 0 bridgehead atoms. The number of para-hydroxylation sites is 2. The van der Waals surface area contributed by atoms with Crippen LogP contribution in [0.3, 0.4) is 0 Å². The molecule has 0 unspecified atom stereocenters. The number of benzene rings is 2. The van der Waals surface area contributed by atoms with Gasteiger partial charge >= 0.3 is 5.97 Å². The molecule has 1 aliphatic rings. The van der Waals surface area contributed by atoms with Crippen molar-refractivity contribution in [2.24, 2.45) is 0 Å². The quantitative estimate of drug-likeness (QED) is 0.148. The Morgan fingerprint density at radius 2 is 1.67 bits per heavy atom. The Morgan fingerprint density at radius 3 is 2.53 bits per heavy atom. The van der Waals surface area contributed by atoms with Gasteiger partial charge in [-0.15, -0.1) is 22.7 Å². The largest absolute Gasteiger partial charge is 0.422 e. The number of ketones is 1. The number of hydrogen-bond donors (Lipinski definition) is 0. The number of thiophene rings is 2. The Labute approximate surface area is 179 Å². The van der Waals surface area contributed by atoms with E-state index < -0.39 is 5.97 Å². The van der Waals surface area contributed by atoms with Crippen LogP contribution in [0.2, 0.25) is 0 Å². The van der Waals surface area contributed by atoms with Crippen LogP contribution in [0.1, 0.15) is 15.2 Å². The van der Waals surface area contributed by atoms with Crippen molar-refractivity contribution < 1.29 is 14.3 Å². The molecule has 0 saturated heterocycles. The second kappa shape index (κ2) is 6.52. The maximum atomic E-state index is 12.9. The van der Waals surface area contributed by atoms with Crippen LogP contribution in [0, 0.1) is 0 Å². The first kappa shape index (κ1) is 17.4. The van der Waals surface area contributed by atoms with Crippen LogP contribution in [0.4, 0.5) is 0 Å². The number of carbonyl (C=O) groups excluding carboxylic acids is 2. The molecule has 5 aromatic rings. The van der Waals surface area contributed by atoms with Crippen LogP contribution in [0.25, 0.3) is 32.2 Å². The van der Waals surface area contributed by atoms with E-state index in [0.29, 0.717) is 11.3 Å².